The number of nitrogens with one attached hydrogen (secondary N) is 1. The summed E-state index contributed by atoms with van der Waals surface area (Å²) in [5.74, 6) is -0.172. The molecule has 6 nitrogen and oxygen atoms in total. The van der Waals surface area contributed by atoms with Crippen LogP contribution >= 0.6 is 11.6 Å². The fourth-order valence-electron chi connectivity index (χ4n) is 2.57. The summed E-state index contributed by atoms with van der Waals surface area (Å²) in [5, 5.41) is 3.37. The highest BCUT2D eigenvalue weighted by atomic mass is 35.5. The Balaban J connectivity index is 1.91. The van der Waals surface area contributed by atoms with Gasteiger partial charge < -0.3 is 4.90 Å². The zero-order chi connectivity index (χ0) is 15.9. The van der Waals surface area contributed by atoms with E-state index in [1.807, 2.05) is 30.0 Å². The lowest BCUT2D eigenvalue weighted by atomic mass is 9.83. The van der Waals surface area contributed by atoms with Crippen molar-refractivity contribution in [3.05, 3.63) is 29.3 Å². The molecule has 1 fully saturated rings. The number of amides is 2. The first kappa shape index (κ1) is 14.8. The van der Waals surface area contributed by atoms with Crippen LogP contribution in [0.25, 0.3) is 0 Å². The van der Waals surface area contributed by atoms with E-state index in [1.165, 1.54) is 4.90 Å². The third-order valence-corrected chi connectivity index (χ3v) is 4.52. The fraction of sp³-hybridized carbons (Fsp3) is 0.400. The topological polar surface area (TPSA) is 65.0 Å². The first-order valence-electron chi connectivity index (χ1n) is 7.14. The third kappa shape index (κ3) is 2.23. The number of halogens is 1. The second-order valence-corrected chi connectivity index (χ2v) is 6.09. The number of benzene rings is 1. The van der Waals surface area contributed by atoms with Crippen molar-refractivity contribution in [2.24, 2.45) is 10.4 Å². The molecule has 2 heterocycles. The fourth-order valence-corrected chi connectivity index (χ4v) is 2.75. The highest BCUT2D eigenvalue weighted by Gasteiger charge is 2.49. The third-order valence-electron chi connectivity index (χ3n) is 4.28. The van der Waals surface area contributed by atoms with Gasteiger partial charge in [0, 0.05) is 10.7 Å². The second kappa shape index (κ2) is 5.28. The lowest BCUT2D eigenvalue weighted by Crippen LogP contribution is -2.66. The quantitative estimate of drug-likeness (QED) is 0.845. The Morgan fingerprint density at radius 3 is 2.86 bits per heavy atom. The van der Waals surface area contributed by atoms with Crippen LogP contribution in [0.5, 0.6) is 0 Å². The number of guanidine groups is 1. The average Bonchev–Trinajstić information content (AvgIpc) is 2.52. The van der Waals surface area contributed by atoms with Crippen molar-refractivity contribution in [2.45, 2.75) is 20.3 Å². The summed E-state index contributed by atoms with van der Waals surface area (Å²) in [6.07, 6.45) is 0.443. The monoisotopic (exact) mass is 320 g/mol. The molecule has 0 saturated carbocycles. The molecule has 0 bridgehead atoms. The zero-order valence-corrected chi connectivity index (χ0v) is 13.2. The summed E-state index contributed by atoms with van der Waals surface area (Å²) in [5.41, 5.74) is -0.158. The lowest BCUT2D eigenvalue weighted by Gasteiger charge is -2.43. The van der Waals surface area contributed by atoms with Gasteiger partial charge in [0.15, 0.2) is 0 Å². The maximum Gasteiger partial charge on any atom is 0.246 e. The van der Waals surface area contributed by atoms with E-state index in [1.54, 1.807) is 13.0 Å². The Morgan fingerprint density at radius 1 is 1.41 bits per heavy atom. The van der Waals surface area contributed by atoms with E-state index in [0.29, 0.717) is 30.7 Å². The predicted molar refractivity (Wildman–Crippen MR) is 84.5 cm³/mol. The van der Waals surface area contributed by atoms with Gasteiger partial charge in [-0.3, -0.25) is 19.8 Å². The molecule has 116 valence electrons. The normalized spacial score (nSPS) is 24.8. The number of rotatable bonds is 2. The predicted octanol–water partition coefficient (Wildman–Crippen LogP) is 1.81. The van der Waals surface area contributed by atoms with Crippen LogP contribution in [0, 0.1) is 5.41 Å². The van der Waals surface area contributed by atoms with Gasteiger partial charge in [-0.25, -0.2) is 4.99 Å². The summed E-state index contributed by atoms with van der Waals surface area (Å²) in [6, 6.07) is 7.39. The molecule has 0 spiro atoms. The Morgan fingerprint density at radius 2 is 2.18 bits per heavy atom. The molecule has 1 aromatic rings. The first-order valence-corrected chi connectivity index (χ1v) is 7.52. The van der Waals surface area contributed by atoms with Crippen LogP contribution in [0.2, 0.25) is 5.02 Å². The Hall–Kier alpha value is -2.08. The Bertz CT molecular complexity index is 675. The van der Waals surface area contributed by atoms with Crippen molar-refractivity contribution >= 4 is 35.1 Å². The summed E-state index contributed by atoms with van der Waals surface area (Å²) in [6.45, 7) is 4.20. The highest BCUT2D eigenvalue weighted by Crippen LogP contribution is 2.30. The Kier molecular flexibility index (Phi) is 3.56. The molecule has 7 heteroatoms. The SMILES string of the molecule is CCC1(C)C(=O)NC2=NCN(c3cccc(Cl)c3)CN2C1=O. The van der Waals surface area contributed by atoms with Gasteiger partial charge >= 0.3 is 0 Å². The van der Waals surface area contributed by atoms with Crippen molar-refractivity contribution in [3.8, 4) is 0 Å². The number of hydrogen-bond donors (Lipinski definition) is 1. The Labute approximate surface area is 133 Å². The van der Waals surface area contributed by atoms with E-state index in [4.69, 9.17) is 11.6 Å². The first-order chi connectivity index (χ1) is 10.5. The molecule has 1 unspecified atom stereocenters. The van der Waals surface area contributed by atoms with Gasteiger partial charge in [0.25, 0.3) is 0 Å². The molecule has 3 rings (SSSR count). The van der Waals surface area contributed by atoms with E-state index in [9.17, 15) is 9.59 Å². The molecule has 2 amide bonds. The second-order valence-electron chi connectivity index (χ2n) is 5.66. The summed E-state index contributed by atoms with van der Waals surface area (Å²) >= 11 is 6.02. The zero-order valence-electron chi connectivity index (χ0n) is 12.5. The van der Waals surface area contributed by atoms with Crippen molar-refractivity contribution in [2.75, 3.05) is 18.2 Å². The van der Waals surface area contributed by atoms with Gasteiger partial charge in [-0.2, -0.15) is 0 Å². The minimum Gasteiger partial charge on any atom is -0.334 e. The van der Waals surface area contributed by atoms with Crippen LogP contribution in [0.15, 0.2) is 29.3 Å². The lowest BCUT2D eigenvalue weighted by molar-refractivity contribution is -0.149. The van der Waals surface area contributed by atoms with Crippen LogP contribution in [-0.4, -0.2) is 36.0 Å². The molecule has 0 aromatic heterocycles. The number of fused-ring (bicyclic) bond motifs is 1. The molecule has 0 radical (unpaired) electrons. The minimum atomic E-state index is -1.05. The van der Waals surface area contributed by atoms with Crippen LogP contribution in [0.3, 0.4) is 0 Å². The summed E-state index contributed by atoms with van der Waals surface area (Å²) in [7, 11) is 0. The van der Waals surface area contributed by atoms with E-state index in [0.717, 1.165) is 5.69 Å². The van der Waals surface area contributed by atoms with Crippen LogP contribution in [0.4, 0.5) is 5.69 Å². The smallest absolute Gasteiger partial charge is 0.246 e. The number of hydrogen-bond acceptors (Lipinski definition) is 4. The average molecular weight is 321 g/mol. The van der Waals surface area contributed by atoms with Crippen molar-refractivity contribution in [1.82, 2.24) is 10.2 Å². The number of carbonyl (C=O) groups excluding carboxylic acids is 2. The van der Waals surface area contributed by atoms with Gasteiger partial charge in [0.05, 0.1) is 0 Å². The molecule has 0 aliphatic carbocycles. The van der Waals surface area contributed by atoms with Crippen molar-refractivity contribution < 1.29 is 9.59 Å². The minimum absolute atomic E-state index is 0.218. The van der Waals surface area contributed by atoms with Gasteiger partial charge in [0.1, 0.15) is 18.8 Å². The van der Waals surface area contributed by atoms with E-state index >= 15 is 0 Å². The van der Waals surface area contributed by atoms with Crippen molar-refractivity contribution in [1.29, 1.82) is 0 Å². The maximum absolute atomic E-state index is 12.7. The summed E-state index contributed by atoms with van der Waals surface area (Å²) in [4.78, 5) is 32.6. The molecular weight excluding hydrogens is 304 g/mol. The molecule has 2 aliphatic rings. The molecule has 22 heavy (non-hydrogen) atoms. The molecule has 1 N–H and O–H groups in total. The van der Waals surface area contributed by atoms with Gasteiger partial charge in [-0.15, -0.1) is 0 Å². The van der Waals surface area contributed by atoms with Crippen LogP contribution in [-0.2, 0) is 9.59 Å². The standard InChI is InChI=1S/C15H17ClN4O2/c1-3-15(2)12(21)18-14-17-8-19(9-20(14)13(15)22)11-6-4-5-10(16)7-11/h4-7H,3,8-9H2,1-2H3,(H,17,18,21). The molecule has 1 aromatic carbocycles. The molecule has 1 saturated heterocycles. The number of anilines is 1. The molecule has 2 aliphatic heterocycles. The largest absolute Gasteiger partial charge is 0.334 e. The van der Waals surface area contributed by atoms with E-state index < -0.39 is 5.41 Å². The van der Waals surface area contributed by atoms with Crippen LogP contribution in [0.1, 0.15) is 20.3 Å². The number of carbonyl (C=O) groups is 2. The van der Waals surface area contributed by atoms with Gasteiger partial charge in [0.2, 0.25) is 17.8 Å². The van der Waals surface area contributed by atoms with Crippen molar-refractivity contribution in [3.63, 3.8) is 0 Å². The molecule has 1 atom stereocenters. The van der Waals surface area contributed by atoms with E-state index in [2.05, 4.69) is 10.3 Å². The molecular formula is C15H17ClN4O2. The van der Waals surface area contributed by atoms with Crippen LogP contribution < -0.4 is 10.2 Å². The van der Waals surface area contributed by atoms with E-state index in [-0.39, 0.29) is 11.8 Å². The highest BCUT2D eigenvalue weighted by molar-refractivity contribution is 6.30. The summed E-state index contributed by atoms with van der Waals surface area (Å²) < 4.78 is 0. The van der Waals surface area contributed by atoms with Gasteiger partial charge in [-0.05, 0) is 31.5 Å². The number of nitrogens with zero attached hydrogens (tertiary/aromatic N) is 3. The maximum atomic E-state index is 12.7. The number of aliphatic imine (C=N–C) groups is 1. The van der Waals surface area contributed by atoms with Gasteiger partial charge in [-0.1, -0.05) is 24.6 Å².